The fraction of sp³-hybridized carbons (Fsp3) is 0.308. The molecule has 0 radical (unpaired) electrons. The fourth-order valence-corrected chi connectivity index (χ4v) is 4.62. The van der Waals surface area contributed by atoms with E-state index in [2.05, 4.69) is 26.3 Å². The number of benzene rings is 2. The molecule has 5 rings (SSSR count). The van der Waals surface area contributed by atoms with E-state index in [0.29, 0.717) is 40.1 Å². The number of hydrogen-bond donors (Lipinski definition) is 2. The minimum atomic E-state index is -0.0131. The first kappa shape index (κ1) is 24.1. The van der Waals surface area contributed by atoms with Gasteiger partial charge in [0.15, 0.2) is 17.3 Å². The van der Waals surface area contributed by atoms with Crippen LogP contribution in [0.2, 0.25) is 0 Å². The van der Waals surface area contributed by atoms with Crippen molar-refractivity contribution in [3.8, 4) is 29.0 Å². The van der Waals surface area contributed by atoms with E-state index in [9.17, 15) is 10.4 Å². The summed E-state index contributed by atoms with van der Waals surface area (Å²) in [6, 6.07) is 11.2. The molecule has 1 aliphatic heterocycles. The van der Waals surface area contributed by atoms with E-state index in [-0.39, 0.29) is 12.6 Å². The molecule has 1 unspecified atom stereocenters. The molecule has 0 saturated carbocycles. The topological polar surface area (TPSA) is 131 Å². The van der Waals surface area contributed by atoms with Gasteiger partial charge in [0.2, 0.25) is 11.7 Å². The van der Waals surface area contributed by atoms with Crippen molar-refractivity contribution in [2.75, 3.05) is 44.7 Å². The van der Waals surface area contributed by atoms with Crippen LogP contribution in [0.15, 0.2) is 42.9 Å². The Kier molecular flexibility index (Phi) is 6.66. The van der Waals surface area contributed by atoms with Gasteiger partial charge >= 0.3 is 0 Å². The lowest BCUT2D eigenvalue weighted by molar-refractivity contribution is 0.266. The lowest BCUT2D eigenvalue weighted by Crippen LogP contribution is -2.33. The third kappa shape index (κ3) is 4.54. The van der Waals surface area contributed by atoms with Crippen LogP contribution in [-0.2, 0) is 0 Å². The number of imidazole rings is 1. The van der Waals surface area contributed by atoms with E-state index < -0.39 is 0 Å². The molecule has 1 aliphatic rings. The highest BCUT2D eigenvalue weighted by molar-refractivity contribution is 5.92. The summed E-state index contributed by atoms with van der Waals surface area (Å²) in [4.78, 5) is 16.0. The quantitative estimate of drug-likeness (QED) is 0.370. The van der Waals surface area contributed by atoms with E-state index in [4.69, 9.17) is 19.2 Å². The fourth-order valence-electron chi connectivity index (χ4n) is 4.62. The van der Waals surface area contributed by atoms with Crippen molar-refractivity contribution in [1.29, 1.82) is 5.26 Å². The molecule has 0 spiro atoms. The highest BCUT2D eigenvalue weighted by Gasteiger charge is 2.27. The lowest BCUT2D eigenvalue weighted by Gasteiger charge is -2.25. The number of fused-ring (bicyclic) bond motifs is 1. The molecule has 2 N–H and O–H groups in total. The first-order valence-electron chi connectivity index (χ1n) is 11.8. The number of aromatic nitrogens is 4. The molecule has 11 heteroatoms. The zero-order valence-electron chi connectivity index (χ0n) is 20.8. The van der Waals surface area contributed by atoms with Crippen LogP contribution in [0.3, 0.4) is 0 Å². The van der Waals surface area contributed by atoms with E-state index >= 15 is 0 Å². The molecular formula is C26H27N7O4. The third-order valence-electron chi connectivity index (χ3n) is 6.44. The number of ether oxygens (including phenoxy) is 3. The van der Waals surface area contributed by atoms with Crippen molar-refractivity contribution in [3.05, 3.63) is 48.4 Å². The second-order valence-electron chi connectivity index (χ2n) is 8.56. The Labute approximate surface area is 213 Å². The zero-order valence-corrected chi connectivity index (χ0v) is 20.8. The number of aliphatic hydroxyl groups excluding tert-OH is 1. The molecule has 0 bridgehead atoms. The summed E-state index contributed by atoms with van der Waals surface area (Å²) >= 11 is 0. The summed E-state index contributed by atoms with van der Waals surface area (Å²) < 4.78 is 18.1. The van der Waals surface area contributed by atoms with Gasteiger partial charge in [0.25, 0.3) is 0 Å². The van der Waals surface area contributed by atoms with Gasteiger partial charge in [-0.1, -0.05) is 0 Å². The molecule has 190 valence electrons. The summed E-state index contributed by atoms with van der Waals surface area (Å²) in [5.41, 5.74) is 1.91. The van der Waals surface area contributed by atoms with Gasteiger partial charge in [-0.15, -0.1) is 0 Å². The highest BCUT2D eigenvalue weighted by Crippen LogP contribution is 2.39. The number of nitrogens with one attached hydrogen (secondary N) is 1. The number of rotatable bonds is 8. The smallest absolute Gasteiger partial charge is 0.230 e. The van der Waals surface area contributed by atoms with Gasteiger partial charge in [-0.25, -0.2) is 9.97 Å². The Morgan fingerprint density at radius 1 is 1.11 bits per heavy atom. The first-order valence-corrected chi connectivity index (χ1v) is 11.8. The third-order valence-corrected chi connectivity index (χ3v) is 6.44. The normalized spacial score (nSPS) is 15.0. The molecular weight excluding hydrogens is 474 g/mol. The van der Waals surface area contributed by atoms with Crippen molar-refractivity contribution >= 4 is 28.5 Å². The van der Waals surface area contributed by atoms with Gasteiger partial charge in [0, 0.05) is 24.1 Å². The Morgan fingerprint density at radius 2 is 1.89 bits per heavy atom. The minimum Gasteiger partial charge on any atom is -0.493 e. The summed E-state index contributed by atoms with van der Waals surface area (Å²) in [6.07, 6.45) is 5.31. The van der Waals surface area contributed by atoms with E-state index in [1.54, 1.807) is 46.0 Å². The second-order valence-corrected chi connectivity index (χ2v) is 8.56. The number of anilines is 3. The van der Waals surface area contributed by atoms with Crippen LogP contribution in [-0.4, -0.2) is 65.1 Å². The minimum absolute atomic E-state index is 0.0131. The maximum absolute atomic E-state index is 9.89. The van der Waals surface area contributed by atoms with Gasteiger partial charge in [0.1, 0.15) is 12.1 Å². The van der Waals surface area contributed by atoms with Crippen LogP contribution in [0.25, 0.3) is 16.6 Å². The SMILES string of the molecule is COc1cc(-n2cnc(Nc3nc(N4CCCC4CO)c4ccc(C#N)cc4n3)c2)cc(OC)c1OC. The molecule has 1 fully saturated rings. The summed E-state index contributed by atoms with van der Waals surface area (Å²) in [5.74, 6) is 3.15. The molecule has 1 atom stereocenters. The Balaban J connectivity index is 1.51. The van der Waals surface area contributed by atoms with Gasteiger partial charge in [-0.05, 0) is 31.0 Å². The van der Waals surface area contributed by atoms with Crippen LogP contribution in [0, 0.1) is 11.3 Å². The standard InChI is InChI=1S/C26H27N7O4/c1-35-21-10-18(11-22(36-2)24(21)37-3)32-13-23(28-15-32)30-26-29-20-9-16(12-27)6-7-19(20)25(31-26)33-8-4-5-17(33)14-34/h6-7,9-11,13,15,17,34H,4-5,8,14H2,1-3H3,(H,29,30,31). The van der Waals surface area contributed by atoms with E-state index in [1.807, 2.05) is 22.8 Å². The molecule has 11 nitrogen and oxygen atoms in total. The summed E-state index contributed by atoms with van der Waals surface area (Å²) in [5, 5.41) is 23.3. The van der Waals surface area contributed by atoms with Crippen LogP contribution in [0.1, 0.15) is 18.4 Å². The summed E-state index contributed by atoms with van der Waals surface area (Å²) in [7, 11) is 4.69. The van der Waals surface area contributed by atoms with Crippen molar-refractivity contribution in [1.82, 2.24) is 19.5 Å². The average Bonchev–Trinajstić information content (AvgIpc) is 3.61. The number of nitrogens with zero attached hydrogens (tertiary/aromatic N) is 6. The number of hydrogen-bond acceptors (Lipinski definition) is 10. The van der Waals surface area contributed by atoms with E-state index in [0.717, 1.165) is 36.3 Å². The maximum Gasteiger partial charge on any atom is 0.230 e. The number of nitriles is 1. The van der Waals surface area contributed by atoms with E-state index in [1.165, 1.54) is 0 Å². The van der Waals surface area contributed by atoms with Crippen molar-refractivity contribution in [2.24, 2.45) is 0 Å². The van der Waals surface area contributed by atoms with Crippen molar-refractivity contribution in [2.45, 2.75) is 18.9 Å². The Morgan fingerprint density at radius 3 is 2.57 bits per heavy atom. The Bertz CT molecular complexity index is 1450. The molecule has 2 aromatic carbocycles. The maximum atomic E-state index is 9.89. The molecule has 1 saturated heterocycles. The molecule has 37 heavy (non-hydrogen) atoms. The average molecular weight is 502 g/mol. The molecule has 0 aliphatic carbocycles. The molecule has 2 aromatic heterocycles. The number of aliphatic hydroxyl groups is 1. The monoisotopic (exact) mass is 501 g/mol. The van der Waals surface area contributed by atoms with Gasteiger partial charge in [-0.3, -0.25) is 0 Å². The second kappa shape index (κ2) is 10.2. The van der Waals surface area contributed by atoms with Gasteiger partial charge < -0.3 is 34.1 Å². The predicted molar refractivity (Wildman–Crippen MR) is 138 cm³/mol. The predicted octanol–water partition coefficient (Wildman–Crippen LogP) is 3.42. The van der Waals surface area contributed by atoms with Crippen LogP contribution in [0.5, 0.6) is 17.2 Å². The molecule has 0 amide bonds. The zero-order chi connectivity index (χ0) is 25.9. The van der Waals surface area contributed by atoms with Gasteiger partial charge in [0.05, 0.1) is 63.0 Å². The largest absolute Gasteiger partial charge is 0.493 e. The van der Waals surface area contributed by atoms with Crippen LogP contribution >= 0.6 is 0 Å². The molecule has 3 heterocycles. The Hall–Kier alpha value is -4.56. The highest BCUT2D eigenvalue weighted by atomic mass is 16.5. The van der Waals surface area contributed by atoms with Crippen molar-refractivity contribution < 1.29 is 19.3 Å². The summed E-state index contributed by atoms with van der Waals surface area (Å²) in [6.45, 7) is 0.830. The lowest BCUT2D eigenvalue weighted by atomic mass is 10.1. The van der Waals surface area contributed by atoms with Crippen molar-refractivity contribution in [3.63, 3.8) is 0 Å². The van der Waals surface area contributed by atoms with Crippen LogP contribution < -0.4 is 24.4 Å². The number of methoxy groups -OCH3 is 3. The molecule has 4 aromatic rings. The van der Waals surface area contributed by atoms with Crippen LogP contribution in [0.4, 0.5) is 17.6 Å². The first-order chi connectivity index (χ1) is 18.1. The van der Waals surface area contributed by atoms with Gasteiger partial charge in [-0.2, -0.15) is 10.2 Å².